The van der Waals surface area contributed by atoms with E-state index in [1.54, 1.807) is 12.1 Å². The monoisotopic (exact) mass is 285 g/mol. The summed E-state index contributed by atoms with van der Waals surface area (Å²) in [4.78, 5) is 12.2. The Morgan fingerprint density at radius 2 is 1.90 bits per heavy atom. The summed E-state index contributed by atoms with van der Waals surface area (Å²) >= 11 is 0. The van der Waals surface area contributed by atoms with E-state index < -0.39 is 0 Å². The molecule has 2 unspecified atom stereocenters. The Hall–Kier alpha value is -2.07. The van der Waals surface area contributed by atoms with E-state index in [2.05, 4.69) is 5.32 Å². The number of amides is 1. The van der Waals surface area contributed by atoms with Crippen LogP contribution in [0.15, 0.2) is 36.4 Å². The Kier molecular flexibility index (Phi) is 3.80. The summed E-state index contributed by atoms with van der Waals surface area (Å²) in [6.07, 6.45) is 2.42. The minimum absolute atomic E-state index is 0.0156. The largest absolute Gasteiger partial charge is 0.507 e. The highest BCUT2D eigenvalue weighted by atomic mass is 16.3. The number of phenolic OH excluding ortho intramolecular Hbond substituents is 1. The molecule has 0 aromatic heterocycles. The van der Waals surface area contributed by atoms with Gasteiger partial charge >= 0.3 is 0 Å². The standard InChI is InChI=1S/C17H19NO3/c19-15-7-3-6-13(15)10-18-17(21)14-8-11-4-1-2-5-12(11)9-16(14)20/h1-2,4-5,8-9,13,15,19-20H,3,6-7,10H2,(H,18,21). The molecule has 1 saturated carbocycles. The molecule has 1 aliphatic rings. The van der Waals surface area contributed by atoms with Crippen molar-refractivity contribution in [2.24, 2.45) is 5.92 Å². The number of hydrogen-bond donors (Lipinski definition) is 3. The minimum Gasteiger partial charge on any atom is -0.507 e. The van der Waals surface area contributed by atoms with Gasteiger partial charge in [-0.2, -0.15) is 0 Å². The molecule has 0 bridgehead atoms. The molecule has 4 heteroatoms. The van der Waals surface area contributed by atoms with E-state index in [1.807, 2.05) is 24.3 Å². The first-order valence-electron chi connectivity index (χ1n) is 7.33. The molecule has 0 saturated heterocycles. The van der Waals surface area contributed by atoms with E-state index >= 15 is 0 Å². The fourth-order valence-electron chi connectivity index (χ4n) is 2.98. The Morgan fingerprint density at radius 3 is 2.57 bits per heavy atom. The molecule has 0 radical (unpaired) electrons. The van der Waals surface area contributed by atoms with Crippen molar-refractivity contribution in [2.45, 2.75) is 25.4 Å². The smallest absolute Gasteiger partial charge is 0.255 e. The summed E-state index contributed by atoms with van der Waals surface area (Å²) in [5, 5.41) is 24.4. The number of aliphatic hydroxyl groups excluding tert-OH is 1. The van der Waals surface area contributed by atoms with Gasteiger partial charge in [0, 0.05) is 12.5 Å². The van der Waals surface area contributed by atoms with Gasteiger partial charge in [0.25, 0.3) is 5.91 Å². The average molecular weight is 285 g/mol. The number of benzene rings is 2. The number of carbonyl (C=O) groups is 1. The van der Waals surface area contributed by atoms with Gasteiger partial charge in [-0.15, -0.1) is 0 Å². The zero-order chi connectivity index (χ0) is 14.8. The summed E-state index contributed by atoms with van der Waals surface area (Å²) in [5.74, 6) is -0.188. The van der Waals surface area contributed by atoms with Gasteiger partial charge in [-0.05, 0) is 35.7 Å². The second kappa shape index (κ2) is 5.74. The molecule has 1 aliphatic carbocycles. The van der Waals surface area contributed by atoms with Crippen LogP contribution in [0.2, 0.25) is 0 Å². The quantitative estimate of drug-likeness (QED) is 0.811. The Morgan fingerprint density at radius 1 is 1.19 bits per heavy atom. The summed E-state index contributed by atoms with van der Waals surface area (Å²) < 4.78 is 0. The summed E-state index contributed by atoms with van der Waals surface area (Å²) in [6.45, 7) is 0.451. The van der Waals surface area contributed by atoms with Crippen molar-refractivity contribution >= 4 is 16.7 Å². The van der Waals surface area contributed by atoms with Crippen LogP contribution in [0.5, 0.6) is 5.75 Å². The predicted molar refractivity (Wildman–Crippen MR) is 81.3 cm³/mol. The van der Waals surface area contributed by atoms with Gasteiger partial charge in [-0.3, -0.25) is 4.79 Å². The van der Waals surface area contributed by atoms with Crippen LogP contribution in [0.1, 0.15) is 29.6 Å². The van der Waals surface area contributed by atoms with Crippen molar-refractivity contribution in [3.8, 4) is 5.75 Å². The lowest BCUT2D eigenvalue weighted by atomic mass is 10.0. The number of fused-ring (bicyclic) bond motifs is 1. The maximum absolute atomic E-state index is 12.2. The average Bonchev–Trinajstić information content (AvgIpc) is 2.89. The number of rotatable bonds is 3. The first-order chi connectivity index (χ1) is 10.1. The minimum atomic E-state index is -0.324. The van der Waals surface area contributed by atoms with Gasteiger partial charge in [-0.25, -0.2) is 0 Å². The van der Waals surface area contributed by atoms with Crippen molar-refractivity contribution in [2.75, 3.05) is 6.54 Å². The van der Waals surface area contributed by atoms with E-state index in [0.717, 1.165) is 30.0 Å². The molecule has 0 aliphatic heterocycles. The molecule has 2 aromatic rings. The van der Waals surface area contributed by atoms with E-state index in [0.29, 0.717) is 6.54 Å². The molecule has 4 nitrogen and oxygen atoms in total. The molecule has 2 aromatic carbocycles. The van der Waals surface area contributed by atoms with Crippen molar-refractivity contribution in [3.05, 3.63) is 42.0 Å². The Bertz CT molecular complexity index is 668. The summed E-state index contributed by atoms with van der Waals surface area (Å²) in [7, 11) is 0. The Balaban J connectivity index is 1.76. The van der Waals surface area contributed by atoms with E-state index in [9.17, 15) is 15.0 Å². The van der Waals surface area contributed by atoms with Crippen molar-refractivity contribution < 1.29 is 15.0 Å². The van der Waals surface area contributed by atoms with Gasteiger partial charge < -0.3 is 15.5 Å². The number of aromatic hydroxyl groups is 1. The molecule has 21 heavy (non-hydrogen) atoms. The first-order valence-corrected chi connectivity index (χ1v) is 7.33. The summed E-state index contributed by atoms with van der Waals surface area (Å²) in [5.41, 5.74) is 0.279. The number of nitrogens with one attached hydrogen (secondary N) is 1. The van der Waals surface area contributed by atoms with E-state index in [4.69, 9.17) is 0 Å². The van der Waals surface area contributed by atoms with Gasteiger partial charge in [0.1, 0.15) is 5.75 Å². The highest BCUT2D eigenvalue weighted by molar-refractivity contribution is 6.01. The Labute approximate surface area is 123 Å². The highest BCUT2D eigenvalue weighted by Crippen LogP contribution is 2.26. The molecule has 110 valence electrons. The van der Waals surface area contributed by atoms with Crippen molar-refractivity contribution in [3.63, 3.8) is 0 Å². The van der Waals surface area contributed by atoms with Crippen LogP contribution < -0.4 is 5.32 Å². The first kappa shape index (κ1) is 13.9. The zero-order valence-electron chi connectivity index (χ0n) is 11.7. The van der Waals surface area contributed by atoms with Crippen LogP contribution in [0.4, 0.5) is 0 Å². The number of hydrogen-bond acceptors (Lipinski definition) is 3. The van der Waals surface area contributed by atoms with Crippen molar-refractivity contribution in [1.82, 2.24) is 5.32 Å². The van der Waals surface area contributed by atoms with Crippen LogP contribution in [-0.4, -0.2) is 28.8 Å². The van der Waals surface area contributed by atoms with Crippen LogP contribution in [0.25, 0.3) is 10.8 Å². The van der Waals surface area contributed by atoms with Crippen LogP contribution in [0, 0.1) is 5.92 Å². The van der Waals surface area contributed by atoms with Crippen molar-refractivity contribution in [1.29, 1.82) is 0 Å². The molecule has 3 rings (SSSR count). The fourth-order valence-corrected chi connectivity index (χ4v) is 2.98. The van der Waals surface area contributed by atoms with Gasteiger partial charge in [-0.1, -0.05) is 30.7 Å². The molecule has 2 atom stereocenters. The highest BCUT2D eigenvalue weighted by Gasteiger charge is 2.25. The molecular formula is C17H19NO3. The van der Waals surface area contributed by atoms with E-state index in [1.165, 1.54) is 0 Å². The maximum Gasteiger partial charge on any atom is 0.255 e. The predicted octanol–water partition coefficient (Wildman–Crippen LogP) is 2.44. The fraction of sp³-hybridized carbons (Fsp3) is 0.353. The van der Waals surface area contributed by atoms with E-state index in [-0.39, 0.29) is 29.2 Å². The number of phenols is 1. The van der Waals surface area contributed by atoms with Gasteiger partial charge in [0.05, 0.1) is 11.7 Å². The molecule has 0 heterocycles. The third-order valence-corrected chi connectivity index (χ3v) is 4.25. The lowest BCUT2D eigenvalue weighted by Crippen LogP contribution is -2.32. The molecule has 1 fully saturated rings. The topological polar surface area (TPSA) is 69.6 Å². The third-order valence-electron chi connectivity index (χ3n) is 4.25. The second-order valence-corrected chi connectivity index (χ2v) is 5.68. The molecular weight excluding hydrogens is 266 g/mol. The molecule has 3 N–H and O–H groups in total. The third kappa shape index (κ3) is 2.85. The maximum atomic E-state index is 12.2. The normalized spacial score (nSPS) is 21.6. The van der Waals surface area contributed by atoms with Gasteiger partial charge in [0.2, 0.25) is 0 Å². The zero-order valence-corrected chi connectivity index (χ0v) is 11.7. The van der Waals surface area contributed by atoms with Crippen LogP contribution in [-0.2, 0) is 0 Å². The van der Waals surface area contributed by atoms with Crippen LogP contribution in [0.3, 0.4) is 0 Å². The second-order valence-electron chi connectivity index (χ2n) is 5.68. The lowest BCUT2D eigenvalue weighted by Gasteiger charge is -2.15. The molecule has 0 spiro atoms. The summed E-state index contributed by atoms with van der Waals surface area (Å²) in [6, 6.07) is 10.9. The van der Waals surface area contributed by atoms with Crippen LogP contribution >= 0.6 is 0 Å². The SMILES string of the molecule is O=C(NCC1CCCC1O)c1cc2ccccc2cc1O. The number of aliphatic hydroxyl groups is 1. The molecule has 1 amide bonds. The lowest BCUT2D eigenvalue weighted by molar-refractivity contribution is 0.0914. The number of carbonyl (C=O) groups excluding carboxylic acids is 1. The van der Waals surface area contributed by atoms with Gasteiger partial charge in [0.15, 0.2) is 0 Å².